The van der Waals surface area contributed by atoms with Crippen molar-refractivity contribution in [2.45, 2.75) is 13.8 Å². The summed E-state index contributed by atoms with van der Waals surface area (Å²) in [5.41, 5.74) is 6.61. The van der Waals surface area contributed by atoms with Gasteiger partial charge in [-0.15, -0.1) is 0 Å². The maximum atomic E-state index is 11.4. The van der Waals surface area contributed by atoms with Gasteiger partial charge in [-0.3, -0.25) is 4.79 Å². The number of nitrogens with two attached hydrogens (primary N) is 1. The highest BCUT2D eigenvalue weighted by atomic mass is 16.1. The Balaban J connectivity index is 0.000000531. The Bertz CT molecular complexity index is 515. The van der Waals surface area contributed by atoms with E-state index in [1.165, 1.54) is 0 Å². The average molecular weight is 204 g/mol. The van der Waals surface area contributed by atoms with Crippen LogP contribution in [0.4, 0.5) is 5.69 Å². The van der Waals surface area contributed by atoms with Gasteiger partial charge in [0.1, 0.15) is 0 Å². The predicted octanol–water partition coefficient (Wildman–Crippen LogP) is 2.15. The lowest BCUT2D eigenvalue weighted by molar-refractivity contribution is 0.910. The van der Waals surface area contributed by atoms with Crippen LogP contribution >= 0.6 is 0 Å². The summed E-state index contributed by atoms with van der Waals surface area (Å²) >= 11 is 0. The third-order valence-electron chi connectivity index (χ3n) is 2.16. The largest absolute Gasteiger partial charge is 0.394 e. The number of fused-ring (bicyclic) bond motifs is 1. The maximum Gasteiger partial charge on any atom is 0.273 e. The highest BCUT2D eigenvalue weighted by molar-refractivity contribution is 5.81. The first-order chi connectivity index (χ1) is 7.20. The van der Waals surface area contributed by atoms with Gasteiger partial charge in [-0.1, -0.05) is 32.0 Å². The Morgan fingerprint density at radius 2 is 1.80 bits per heavy atom. The van der Waals surface area contributed by atoms with Crippen molar-refractivity contribution < 1.29 is 0 Å². The van der Waals surface area contributed by atoms with E-state index in [0.29, 0.717) is 5.69 Å². The van der Waals surface area contributed by atoms with E-state index < -0.39 is 0 Å². The first-order valence-electron chi connectivity index (χ1n) is 5.04. The number of rotatable bonds is 0. The molecular formula is C12H16N2O. The van der Waals surface area contributed by atoms with Gasteiger partial charge in [0.2, 0.25) is 0 Å². The monoisotopic (exact) mass is 204 g/mol. The summed E-state index contributed by atoms with van der Waals surface area (Å²) in [6.45, 7) is 4.00. The van der Waals surface area contributed by atoms with Gasteiger partial charge in [-0.2, -0.15) is 0 Å². The number of nitrogen functional groups attached to an aromatic ring is 1. The minimum Gasteiger partial charge on any atom is -0.394 e. The van der Waals surface area contributed by atoms with Gasteiger partial charge in [0.15, 0.2) is 0 Å². The molecule has 0 aliphatic heterocycles. The number of para-hydroxylation sites is 1. The van der Waals surface area contributed by atoms with E-state index in [0.717, 1.165) is 10.9 Å². The molecule has 0 aliphatic carbocycles. The molecule has 1 aromatic heterocycles. The van der Waals surface area contributed by atoms with Crippen LogP contribution in [0.15, 0.2) is 35.1 Å². The van der Waals surface area contributed by atoms with E-state index in [1.807, 2.05) is 38.1 Å². The molecule has 0 fully saturated rings. The number of aryl methyl sites for hydroxylation is 1. The predicted molar refractivity (Wildman–Crippen MR) is 64.9 cm³/mol. The van der Waals surface area contributed by atoms with Crippen LogP contribution in [0.3, 0.4) is 0 Å². The van der Waals surface area contributed by atoms with Gasteiger partial charge >= 0.3 is 0 Å². The Morgan fingerprint density at radius 3 is 2.47 bits per heavy atom. The SMILES string of the molecule is CC.Cn1c(=O)c(N)cc2ccccc21. The van der Waals surface area contributed by atoms with Crippen molar-refractivity contribution in [2.75, 3.05) is 5.73 Å². The van der Waals surface area contributed by atoms with Gasteiger partial charge in [0.05, 0.1) is 11.2 Å². The lowest BCUT2D eigenvalue weighted by Gasteiger charge is -2.04. The standard InChI is InChI=1S/C10H10N2O.C2H6/c1-12-9-5-3-2-4-7(9)6-8(11)10(12)13;1-2/h2-6H,11H2,1H3;1-2H3. The molecule has 80 valence electrons. The van der Waals surface area contributed by atoms with Crippen molar-refractivity contribution >= 4 is 16.6 Å². The number of aromatic nitrogens is 1. The molecule has 2 rings (SSSR count). The fourth-order valence-electron chi connectivity index (χ4n) is 1.45. The molecule has 0 saturated heterocycles. The molecule has 3 nitrogen and oxygen atoms in total. The topological polar surface area (TPSA) is 48.0 Å². The van der Waals surface area contributed by atoms with Crippen LogP contribution in [-0.4, -0.2) is 4.57 Å². The maximum absolute atomic E-state index is 11.4. The number of hydrogen-bond donors (Lipinski definition) is 1. The van der Waals surface area contributed by atoms with E-state index in [1.54, 1.807) is 17.7 Å². The Morgan fingerprint density at radius 1 is 1.20 bits per heavy atom. The molecule has 1 heterocycles. The summed E-state index contributed by atoms with van der Waals surface area (Å²) in [4.78, 5) is 11.4. The second-order valence-corrected chi connectivity index (χ2v) is 3.02. The molecule has 2 N–H and O–H groups in total. The molecule has 0 amide bonds. The van der Waals surface area contributed by atoms with E-state index in [2.05, 4.69) is 0 Å². The molecule has 0 saturated carbocycles. The van der Waals surface area contributed by atoms with Crippen molar-refractivity contribution in [1.82, 2.24) is 4.57 Å². The van der Waals surface area contributed by atoms with Crippen molar-refractivity contribution in [2.24, 2.45) is 7.05 Å². The first-order valence-corrected chi connectivity index (χ1v) is 5.04. The number of benzene rings is 1. The molecule has 0 bridgehead atoms. The smallest absolute Gasteiger partial charge is 0.273 e. The minimum absolute atomic E-state index is 0.140. The summed E-state index contributed by atoms with van der Waals surface area (Å²) in [7, 11) is 1.72. The van der Waals surface area contributed by atoms with Crippen LogP contribution in [0.1, 0.15) is 13.8 Å². The van der Waals surface area contributed by atoms with Crippen LogP contribution < -0.4 is 11.3 Å². The summed E-state index contributed by atoms with van der Waals surface area (Å²) in [6, 6.07) is 9.36. The third-order valence-corrected chi connectivity index (χ3v) is 2.16. The highest BCUT2D eigenvalue weighted by Crippen LogP contribution is 2.12. The summed E-state index contributed by atoms with van der Waals surface area (Å²) < 4.78 is 1.56. The minimum atomic E-state index is -0.140. The molecule has 2 aromatic rings. The Labute approximate surface area is 89.1 Å². The molecular weight excluding hydrogens is 188 g/mol. The van der Waals surface area contributed by atoms with Crippen molar-refractivity contribution in [1.29, 1.82) is 0 Å². The van der Waals surface area contributed by atoms with Crippen molar-refractivity contribution in [3.63, 3.8) is 0 Å². The molecule has 15 heavy (non-hydrogen) atoms. The normalized spacial score (nSPS) is 9.53. The molecule has 3 heteroatoms. The number of nitrogens with zero attached hydrogens (tertiary/aromatic N) is 1. The molecule has 0 radical (unpaired) electrons. The summed E-state index contributed by atoms with van der Waals surface area (Å²) in [6.07, 6.45) is 0. The fourth-order valence-corrected chi connectivity index (χ4v) is 1.45. The number of pyridine rings is 1. The van der Waals surface area contributed by atoms with E-state index in [9.17, 15) is 4.79 Å². The van der Waals surface area contributed by atoms with Gasteiger partial charge in [-0.05, 0) is 12.1 Å². The van der Waals surface area contributed by atoms with Gasteiger partial charge in [-0.25, -0.2) is 0 Å². The van der Waals surface area contributed by atoms with Gasteiger partial charge < -0.3 is 10.3 Å². The average Bonchev–Trinajstić information content (AvgIpc) is 2.29. The van der Waals surface area contributed by atoms with E-state index >= 15 is 0 Å². The highest BCUT2D eigenvalue weighted by Gasteiger charge is 2.01. The fraction of sp³-hybridized carbons (Fsp3) is 0.250. The van der Waals surface area contributed by atoms with Crippen LogP contribution in [-0.2, 0) is 7.05 Å². The van der Waals surface area contributed by atoms with Crippen LogP contribution in [0.5, 0.6) is 0 Å². The molecule has 0 spiro atoms. The van der Waals surface area contributed by atoms with Crippen LogP contribution in [0.2, 0.25) is 0 Å². The van der Waals surface area contributed by atoms with Gasteiger partial charge in [0.25, 0.3) is 5.56 Å². The second-order valence-electron chi connectivity index (χ2n) is 3.02. The Kier molecular flexibility index (Phi) is 3.50. The van der Waals surface area contributed by atoms with Gasteiger partial charge in [0, 0.05) is 12.4 Å². The zero-order valence-electron chi connectivity index (χ0n) is 9.32. The molecule has 0 unspecified atom stereocenters. The van der Waals surface area contributed by atoms with Crippen LogP contribution in [0, 0.1) is 0 Å². The summed E-state index contributed by atoms with van der Waals surface area (Å²) in [5, 5.41) is 0.988. The quantitative estimate of drug-likeness (QED) is 0.714. The lowest BCUT2D eigenvalue weighted by Crippen LogP contribution is -2.19. The lowest BCUT2D eigenvalue weighted by atomic mass is 10.2. The van der Waals surface area contributed by atoms with Crippen molar-refractivity contribution in [3.8, 4) is 0 Å². The van der Waals surface area contributed by atoms with Crippen LogP contribution in [0.25, 0.3) is 10.9 Å². The number of hydrogen-bond acceptors (Lipinski definition) is 2. The second kappa shape index (κ2) is 4.64. The third kappa shape index (κ3) is 2.01. The molecule has 1 aromatic carbocycles. The summed E-state index contributed by atoms with van der Waals surface area (Å²) in [5.74, 6) is 0. The molecule has 0 atom stereocenters. The number of anilines is 1. The zero-order chi connectivity index (χ0) is 11.4. The zero-order valence-corrected chi connectivity index (χ0v) is 9.32. The first kappa shape index (κ1) is 11.3. The Hall–Kier alpha value is -1.77. The molecule has 0 aliphatic rings. The van der Waals surface area contributed by atoms with E-state index in [-0.39, 0.29) is 5.56 Å². The van der Waals surface area contributed by atoms with E-state index in [4.69, 9.17) is 5.73 Å². The van der Waals surface area contributed by atoms with Crippen molar-refractivity contribution in [3.05, 3.63) is 40.7 Å².